The summed E-state index contributed by atoms with van der Waals surface area (Å²) in [4.78, 5) is 23.1. The van der Waals surface area contributed by atoms with Crippen LogP contribution in [-0.2, 0) is 0 Å². The highest BCUT2D eigenvalue weighted by atomic mass is 32.1. The van der Waals surface area contributed by atoms with Gasteiger partial charge in [-0.05, 0) is 50.4 Å². The average molecular weight is 398 g/mol. The quantitative estimate of drug-likeness (QED) is 0.459. The Hall–Kier alpha value is -2.51. The van der Waals surface area contributed by atoms with Crippen molar-refractivity contribution in [2.75, 3.05) is 7.05 Å². The van der Waals surface area contributed by atoms with Crippen LogP contribution in [0.15, 0.2) is 40.2 Å². The summed E-state index contributed by atoms with van der Waals surface area (Å²) >= 11 is 3.29. The van der Waals surface area contributed by atoms with E-state index in [-0.39, 0.29) is 11.9 Å². The number of hydrogen-bond donors (Lipinski definition) is 0. The van der Waals surface area contributed by atoms with Crippen molar-refractivity contribution in [1.82, 2.24) is 15.0 Å². The van der Waals surface area contributed by atoms with Gasteiger partial charge >= 0.3 is 0 Å². The van der Waals surface area contributed by atoms with Gasteiger partial charge in [-0.25, -0.2) is 4.98 Å². The standard InChI is InChI=1S/C20H19N3O2S2/c1-11-7-8-17(27-11)15-10-14(18-12(2)22-25-19(18)21-15)20(24)23(4)13(3)16-6-5-9-26-16/h5-10,13H,1-4H3/t13-/m1/s1. The van der Waals surface area contributed by atoms with Crippen LogP contribution in [0.4, 0.5) is 0 Å². The third-order valence-corrected chi connectivity index (χ3v) is 6.76. The zero-order valence-electron chi connectivity index (χ0n) is 15.5. The minimum Gasteiger partial charge on any atom is -0.335 e. The summed E-state index contributed by atoms with van der Waals surface area (Å²) in [5.41, 5.74) is 2.38. The topological polar surface area (TPSA) is 59.2 Å². The number of thiophene rings is 2. The van der Waals surface area contributed by atoms with Gasteiger partial charge in [-0.1, -0.05) is 11.2 Å². The fraction of sp³-hybridized carbons (Fsp3) is 0.250. The van der Waals surface area contributed by atoms with Crippen LogP contribution in [-0.4, -0.2) is 28.0 Å². The number of hydrogen-bond acceptors (Lipinski definition) is 6. The number of aromatic nitrogens is 2. The number of pyridine rings is 1. The Balaban J connectivity index is 1.81. The first-order chi connectivity index (χ1) is 13.0. The van der Waals surface area contributed by atoms with Gasteiger partial charge in [0.05, 0.1) is 33.3 Å². The second-order valence-electron chi connectivity index (χ2n) is 6.52. The maximum Gasteiger partial charge on any atom is 0.259 e. The minimum absolute atomic E-state index is 0.0201. The van der Waals surface area contributed by atoms with E-state index in [1.165, 1.54) is 4.88 Å². The molecule has 0 unspecified atom stereocenters. The predicted molar refractivity (Wildman–Crippen MR) is 109 cm³/mol. The normalized spacial score (nSPS) is 12.4. The van der Waals surface area contributed by atoms with Gasteiger partial charge in [0.25, 0.3) is 11.6 Å². The van der Waals surface area contributed by atoms with Crippen LogP contribution in [0.2, 0.25) is 0 Å². The molecule has 0 N–H and O–H groups in total. The molecule has 0 radical (unpaired) electrons. The third-order valence-electron chi connectivity index (χ3n) is 4.70. The summed E-state index contributed by atoms with van der Waals surface area (Å²) in [6, 6.07) is 9.95. The molecule has 0 aliphatic heterocycles. The van der Waals surface area contributed by atoms with Gasteiger partial charge in [-0.3, -0.25) is 4.79 Å². The number of carbonyl (C=O) groups is 1. The molecule has 0 bridgehead atoms. The maximum atomic E-state index is 13.4. The molecule has 1 atom stereocenters. The van der Waals surface area contributed by atoms with Crippen LogP contribution in [0.5, 0.6) is 0 Å². The smallest absolute Gasteiger partial charge is 0.259 e. The lowest BCUT2D eigenvalue weighted by Gasteiger charge is -2.24. The maximum absolute atomic E-state index is 13.4. The van der Waals surface area contributed by atoms with Crippen molar-refractivity contribution in [2.45, 2.75) is 26.8 Å². The average Bonchev–Trinajstić information content (AvgIpc) is 3.41. The van der Waals surface area contributed by atoms with E-state index in [9.17, 15) is 4.79 Å². The zero-order valence-corrected chi connectivity index (χ0v) is 17.1. The van der Waals surface area contributed by atoms with Gasteiger partial charge in [0.2, 0.25) is 0 Å². The second-order valence-corrected chi connectivity index (χ2v) is 8.79. The SMILES string of the molecule is Cc1ccc(-c2cc(C(=O)N(C)[C@H](C)c3cccs3)c3c(C)noc3n2)s1. The van der Waals surface area contributed by atoms with E-state index in [0.29, 0.717) is 22.4 Å². The van der Waals surface area contributed by atoms with E-state index < -0.39 is 0 Å². The van der Waals surface area contributed by atoms with Crippen molar-refractivity contribution in [2.24, 2.45) is 0 Å². The molecule has 27 heavy (non-hydrogen) atoms. The number of rotatable bonds is 4. The second kappa shape index (κ2) is 6.90. The molecule has 4 heterocycles. The lowest BCUT2D eigenvalue weighted by Crippen LogP contribution is -2.29. The van der Waals surface area contributed by atoms with Crippen LogP contribution in [0, 0.1) is 13.8 Å². The van der Waals surface area contributed by atoms with Crippen LogP contribution in [0.1, 0.15) is 38.8 Å². The lowest BCUT2D eigenvalue weighted by molar-refractivity contribution is 0.0747. The molecule has 1 amide bonds. The summed E-state index contributed by atoms with van der Waals surface area (Å²) in [6.45, 7) is 5.92. The minimum atomic E-state index is -0.0656. The molecule has 0 fully saturated rings. The van der Waals surface area contributed by atoms with E-state index in [1.807, 2.05) is 63.5 Å². The molecular weight excluding hydrogens is 378 g/mol. The van der Waals surface area contributed by atoms with Gasteiger partial charge in [0.1, 0.15) is 0 Å². The number of aryl methyl sites for hydroxylation is 2. The van der Waals surface area contributed by atoms with Crippen molar-refractivity contribution in [1.29, 1.82) is 0 Å². The van der Waals surface area contributed by atoms with Crippen molar-refractivity contribution in [3.8, 4) is 10.6 Å². The van der Waals surface area contributed by atoms with Gasteiger partial charge < -0.3 is 9.42 Å². The summed E-state index contributed by atoms with van der Waals surface area (Å²) in [7, 11) is 1.83. The van der Waals surface area contributed by atoms with Crippen LogP contribution >= 0.6 is 22.7 Å². The number of carbonyl (C=O) groups excluding carboxylic acids is 1. The molecular formula is C20H19N3O2S2. The van der Waals surface area contributed by atoms with Gasteiger partial charge in [-0.15, -0.1) is 22.7 Å². The first-order valence-electron chi connectivity index (χ1n) is 8.60. The molecule has 0 saturated carbocycles. The molecule has 4 rings (SSSR count). The van der Waals surface area contributed by atoms with Gasteiger partial charge in [-0.2, -0.15) is 0 Å². The van der Waals surface area contributed by atoms with Crippen LogP contribution in [0.3, 0.4) is 0 Å². The first kappa shape index (κ1) is 17.9. The van der Waals surface area contributed by atoms with Gasteiger partial charge in [0.15, 0.2) is 0 Å². The summed E-state index contributed by atoms with van der Waals surface area (Å²) < 4.78 is 5.40. The number of amides is 1. The molecule has 0 aliphatic rings. The van der Waals surface area contributed by atoms with Gasteiger partial charge in [0, 0.05) is 16.8 Å². The van der Waals surface area contributed by atoms with E-state index in [0.717, 1.165) is 15.4 Å². The Labute approximate surface area is 165 Å². The summed E-state index contributed by atoms with van der Waals surface area (Å²) in [5.74, 6) is -0.0656. The third kappa shape index (κ3) is 3.17. The fourth-order valence-corrected chi connectivity index (χ4v) is 4.70. The predicted octanol–water partition coefficient (Wildman–Crippen LogP) is 5.46. The van der Waals surface area contributed by atoms with E-state index >= 15 is 0 Å². The molecule has 7 heteroatoms. The monoisotopic (exact) mass is 397 g/mol. The molecule has 0 aromatic carbocycles. The molecule has 0 aliphatic carbocycles. The summed E-state index contributed by atoms with van der Waals surface area (Å²) in [5, 5.41) is 6.74. The molecule has 0 saturated heterocycles. The largest absolute Gasteiger partial charge is 0.335 e. The van der Waals surface area contributed by atoms with Crippen molar-refractivity contribution in [3.63, 3.8) is 0 Å². The molecule has 4 aromatic heterocycles. The Morgan fingerprint density at radius 1 is 1.26 bits per heavy atom. The Kier molecular flexibility index (Phi) is 4.57. The molecule has 0 spiro atoms. The number of fused-ring (bicyclic) bond motifs is 1. The first-order valence-corrected chi connectivity index (χ1v) is 10.3. The molecule has 4 aromatic rings. The Bertz CT molecular complexity index is 1110. The van der Waals surface area contributed by atoms with E-state index in [2.05, 4.69) is 10.1 Å². The lowest BCUT2D eigenvalue weighted by atomic mass is 10.1. The van der Waals surface area contributed by atoms with E-state index in [1.54, 1.807) is 27.6 Å². The van der Waals surface area contributed by atoms with Crippen LogP contribution in [0.25, 0.3) is 21.7 Å². The van der Waals surface area contributed by atoms with Crippen LogP contribution < -0.4 is 0 Å². The zero-order chi connectivity index (χ0) is 19.1. The van der Waals surface area contributed by atoms with Crippen molar-refractivity contribution < 1.29 is 9.32 Å². The highest BCUT2D eigenvalue weighted by Gasteiger charge is 2.25. The van der Waals surface area contributed by atoms with Crippen molar-refractivity contribution in [3.05, 3.63) is 56.7 Å². The molecule has 138 valence electrons. The summed E-state index contributed by atoms with van der Waals surface area (Å²) in [6.07, 6.45) is 0. The fourth-order valence-electron chi connectivity index (χ4n) is 3.05. The Morgan fingerprint density at radius 2 is 2.07 bits per heavy atom. The van der Waals surface area contributed by atoms with Crippen molar-refractivity contribution >= 4 is 39.7 Å². The highest BCUT2D eigenvalue weighted by Crippen LogP contribution is 2.33. The Morgan fingerprint density at radius 3 is 2.74 bits per heavy atom. The van der Waals surface area contributed by atoms with E-state index in [4.69, 9.17) is 4.52 Å². The molecule has 5 nitrogen and oxygen atoms in total. The number of nitrogens with zero attached hydrogens (tertiary/aromatic N) is 3. The highest BCUT2D eigenvalue weighted by molar-refractivity contribution is 7.15.